The average molecular weight is 215 g/mol. The summed E-state index contributed by atoms with van der Waals surface area (Å²) < 4.78 is 1.79. The molecule has 1 heterocycles. The highest BCUT2D eigenvalue weighted by Gasteiger charge is 2.11. The van der Waals surface area contributed by atoms with E-state index in [1.54, 1.807) is 4.68 Å². The average Bonchev–Trinajstić information content (AvgIpc) is 2.71. The van der Waals surface area contributed by atoms with Crippen molar-refractivity contribution < 1.29 is 0 Å². The number of rotatable bonds is 3. The van der Waals surface area contributed by atoms with E-state index in [2.05, 4.69) is 18.9 Å². The molecule has 2 N–H and O–H groups in total. The number of nitrogens with zero attached hydrogens (tertiary/aromatic N) is 2. The van der Waals surface area contributed by atoms with Crippen LogP contribution in [0.2, 0.25) is 0 Å². The summed E-state index contributed by atoms with van der Waals surface area (Å²) in [7, 11) is 0. The highest BCUT2D eigenvalue weighted by molar-refractivity contribution is 5.43. The highest BCUT2D eigenvalue weighted by Crippen LogP contribution is 2.21. The van der Waals surface area contributed by atoms with E-state index >= 15 is 0 Å². The van der Waals surface area contributed by atoms with Crippen LogP contribution >= 0.6 is 0 Å². The first kappa shape index (κ1) is 10.7. The molecular weight excluding hydrogens is 198 g/mol. The lowest BCUT2D eigenvalue weighted by molar-refractivity contribution is 0.689. The second-order valence-corrected chi connectivity index (χ2v) is 4.05. The fourth-order valence-corrected chi connectivity index (χ4v) is 1.64. The molecule has 0 fully saturated rings. The minimum atomic E-state index is 0.451. The first-order valence-corrected chi connectivity index (χ1v) is 5.63. The molecule has 0 aliphatic heterocycles. The van der Waals surface area contributed by atoms with Gasteiger partial charge in [-0.1, -0.05) is 32.0 Å². The molecule has 0 aliphatic carbocycles. The molecule has 0 radical (unpaired) electrons. The first-order chi connectivity index (χ1) is 7.72. The number of hydrogen-bond donors (Lipinski definition) is 1. The van der Waals surface area contributed by atoms with E-state index in [1.165, 1.54) is 0 Å². The maximum Gasteiger partial charge on any atom is 0.127 e. The molecule has 0 spiro atoms. The van der Waals surface area contributed by atoms with E-state index in [0.717, 1.165) is 17.8 Å². The van der Waals surface area contributed by atoms with Crippen LogP contribution in [0.3, 0.4) is 0 Å². The predicted molar refractivity (Wildman–Crippen MR) is 66.7 cm³/mol. The van der Waals surface area contributed by atoms with Gasteiger partial charge < -0.3 is 5.73 Å². The quantitative estimate of drug-likeness (QED) is 0.855. The molecule has 84 valence electrons. The van der Waals surface area contributed by atoms with E-state index in [1.807, 2.05) is 36.4 Å². The Morgan fingerprint density at radius 3 is 2.62 bits per heavy atom. The molecule has 1 aromatic carbocycles. The van der Waals surface area contributed by atoms with Gasteiger partial charge in [-0.15, -0.1) is 0 Å². The normalized spacial score (nSPS) is 12.6. The molecular formula is C13H17N3. The molecule has 1 unspecified atom stereocenters. The summed E-state index contributed by atoms with van der Waals surface area (Å²) in [6.45, 7) is 4.32. The Kier molecular flexibility index (Phi) is 2.95. The molecule has 0 saturated carbocycles. The Bertz CT molecular complexity index is 459. The topological polar surface area (TPSA) is 43.8 Å². The number of aromatic nitrogens is 2. The summed E-state index contributed by atoms with van der Waals surface area (Å²) >= 11 is 0. The van der Waals surface area contributed by atoms with Crippen molar-refractivity contribution in [1.82, 2.24) is 9.78 Å². The van der Waals surface area contributed by atoms with Crippen molar-refractivity contribution in [2.45, 2.75) is 26.2 Å². The lowest BCUT2D eigenvalue weighted by Crippen LogP contribution is -2.02. The van der Waals surface area contributed by atoms with Crippen LogP contribution in [0.1, 0.15) is 31.9 Å². The van der Waals surface area contributed by atoms with Crippen LogP contribution in [0, 0.1) is 0 Å². The van der Waals surface area contributed by atoms with Crippen LogP contribution < -0.4 is 5.73 Å². The van der Waals surface area contributed by atoms with Gasteiger partial charge in [0, 0.05) is 12.0 Å². The van der Waals surface area contributed by atoms with Crippen molar-refractivity contribution in [2.75, 3.05) is 5.73 Å². The zero-order valence-electron chi connectivity index (χ0n) is 9.72. The van der Waals surface area contributed by atoms with Gasteiger partial charge in [-0.05, 0) is 18.6 Å². The third-order valence-corrected chi connectivity index (χ3v) is 2.87. The van der Waals surface area contributed by atoms with Gasteiger partial charge in [0.25, 0.3) is 0 Å². The molecule has 2 rings (SSSR count). The van der Waals surface area contributed by atoms with Gasteiger partial charge in [-0.25, -0.2) is 4.68 Å². The minimum Gasteiger partial charge on any atom is -0.384 e. The van der Waals surface area contributed by atoms with Crippen molar-refractivity contribution >= 4 is 5.82 Å². The van der Waals surface area contributed by atoms with Crippen molar-refractivity contribution in [3.05, 3.63) is 42.1 Å². The molecule has 3 heteroatoms. The lowest BCUT2D eigenvalue weighted by atomic mass is 10.1. The van der Waals surface area contributed by atoms with Gasteiger partial charge in [-0.2, -0.15) is 5.10 Å². The Morgan fingerprint density at radius 2 is 2.00 bits per heavy atom. The van der Waals surface area contributed by atoms with Crippen LogP contribution in [0.15, 0.2) is 36.4 Å². The second-order valence-electron chi connectivity index (χ2n) is 4.05. The Hall–Kier alpha value is -1.77. The molecule has 3 nitrogen and oxygen atoms in total. The predicted octanol–water partition coefficient (Wildman–Crippen LogP) is 2.97. The largest absolute Gasteiger partial charge is 0.384 e. The molecule has 0 bridgehead atoms. The van der Waals surface area contributed by atoms with Gasteiger partial charge in [0.1, 0.15) is 5.82 Å². The van der Waals surface area contributed by atoms with E-state index in [9.17, 15) is 0 Å². The molecule has 0 amide bonds. The van der Waals surface area contributed by atoms with Crippen molar-refractivity contribution in [3.63, 3.8) is 0 Å². The number of hydrogen-bond acceptors (Lipinski definition) is 2. The smallest absolute Gasteiger partial charge is 0.127 e. The number of anilines is 1. The maximum absolute atomic E-state index is 5.97. The summed E-state index contributed by atoms with van der Waals surface area (Å²) in [5, 5.41) is 4.54. The molecule has 0 saturated heterocycles. The third-order valence-electron chi connectivity index (χ3n) is 2.87. The number of para-hydroxylation sites is 1. The van der Waals surface area contributed by atoms with Crippen molar-refractivity contribution in [1.29, 1.82) is 0 Å². The number of nitrogen functional groups attached to an aromatic ring is 1. The summed E-state index contributed by atoms with van der Waals surface area (Å²) in [5.41, 5.74) is 8.03. The van der Waals surface area contributed by atoms with Gasteiger partial charge in [0.05, 0.1) is 11.4 Å². The van der Waals surface area contributed by atoms with Gasteiger partial charge >= 0.3 is 0 Å². The van der Waals surface area contributed by atoms with Crippen molar-refractivity contribution in [3.8, 4) is 5.69 Å². The maximum atomic E-state index is 5.97. The Balaban J connectivity index is 2.40. The molecule has 1 atom stereocenters. The lowest BCUT2D eigenvalue weighted by Gasteiger charge is -2.04. The van der Waals surface area contributed by atoms with Crippen LogP contribution in [0.25, 0.3) is 5.69 Å². The van der Waals surface area contributed by atoms with Gasteiger partial charge in [0.15, 0.2) is 0 Å². The van der Waals surface area contributed by atoms with E-state index in [4.69, 9.17) is 5.73 Å². The van der Waals surface area contributed by atoms with Gasteiger partial charge in [-0.3, -0.25) is 0 Å². The molecule has 0 aliphatic rings. The highest BCUT2D eigenvalue weighted by atomic mass is 15.3. The van der Waals surface area contributed by atoms with E-state index in [-0.39, 0.29) is 0 Å². The minimum absolute atomic E-state index is 0.451. The molecule has 16 heavy (non-hydrogen) atoms. The molecule has 1 aromatic heterocycles. The Morgan fingerprint density at radius 1 is 1.31 bits per heavy atom. The monoisotopic (exact) mass is 215 g/mol. The summed E-state index contributed by atoms with van der Waals surface area (Å²) in [4.78, 5) is 0. The number of nitrogens with two attached hydrogens (primary N) is 1. The Labute approximate surface area is 95.9 Å². The fourth-order valence-electron chi connectivity index (χ4n) is 1.64. The third kappa shape index (κ3) is 1.94. The fraction of sp³-hybridized carbons (Fsp3) is 0.308. The summed E-state index contributed by atoms with van der Waals surface area (Å²) in [5.74, 6) is 1.15. The van der Waals surface area contributed by atoms with Crippen molar-refractivity contribution in [2.24, 2.45) is 0 Å². The summed E-state index contributed by atoms with van der Waals surface area (Å²) in [6.07, 6.45) is 1.07. The molecule has 2 aromatic rings. The van der Waals surface area contributed by atoms with Crippen LogP contribution in [0.4, 0.5) is 5.82 Å². The van der Waals surface area contributed by atoms with Crippen LogP contribution in [-0.2, 0) is 0 Å². The van der Waals surface area contributed by atoms with E-state index in [0.29, 0.717) is 11.7 Å². The second kappa shape index (κ2) is 4.39. The summed E-state index contributed by atoms with van der Waals surface area (Å²) in [6, 6.07) is 11.9. The zero-order valence-corrected chi connectivity index (χ0v) is 9.72. The SMILES string of the molecule is CCC(C)c1cc(N)n(-c2ccccc2)n1. The number of benzene rings is 1. The van der Waals surface area contributed by atoms with Crippen LogP contribution in [-0.4, -0.2) is 9.78 Å². The standard InChI is InChI=1S/C13H17N3/c1-3-10(2)12-9-13(14)16(15-12)11-7-5-4-6-8-11/h4-10H,3,14H2,1-2H3. The first-order valence-electron chi connectivity index (χ1n) is 5.63. The van der Waals surface area contributed by atoms with E-state index < -0.39 is 0 Å². The van der Waals surface area contributed by atoms with Gasteiger partial charge in [0.2, 0.25) is 0 Å². The zero-order chi connectivity index (χ0) is 11.5. The van der Waals surface area contributed by atoms with Crippen LogP contribution in [0.5, 0.6) is 0 Å².